The lowest BCUT2D eigenvalue weighted by Crippen LogP contribution is -2.17. The zero-order chi connectivity index (χ0) is 14.2. The third-order valence-corrected chi connectivity index (χ3v) is 4.47. The molecule has 1 aliphatic carbocycles. The van der Waals surface area contributed by atoms with Crippen LogP contribution in [-0.4, -0.2) is 13.8 Å². The summed E-state index contributed by atoms with van der Waals surface area (Å²) in [5.74, 6) is 1.68. The molecule has 0 bridgehead atoms. The van der Waals surface area contributed by atoms with Crippen molar-refractivity contribution in [2.75, 3.05) is 13.8 Å². The SMILES string of the molecule is CNC(c1ccc2c(c1)CCC2)c1ccc2c(c1)OCO2. The van der Waals surface area contributed by atoms with Crippen molar-refractivity contribution in [3.63, 3.8) is 0 Å². The Morgan fingerprint density at radius 1 is 0.905 bits per heavy atom. The van der Waals surface area contributed by atoms with Gasteiger partial charge in [0.15, 0.2) is 11.5 Å². The number of fused-ring (bicyclic) bond motifs is 2. The van der Waals surface area contributed by atoms with Crippen molar-refractivity contribution in [3.8, 4) is 11.5 Å². The van der Waals surface area contributed by atoms with E-state index < -0.39 is 0 Å². The largest absolute Gasteiger partial charge is 0.454 e. The lowest BCUT2D eigenvalue weighted by atomic mass is 9.95. The van der Waals surface area contributed by atoms with Gasteiger partial charge in [-0.05, 0) is 60.7 Å². The maximum absolute atomic E-state index is 5.49. The first-order chi connectivity index (χ1) is 10.3. The molecule has 1 atom stereocenters. The molecule has 0 radical (unpaired) electrons. The smallest absolute Gasteiger partial charge is 0.231 e. The van der Waals surface area contributed by atoms with Crippen LogP contribution >= 0.6 is 0 Å². The van der Waals surface area contributed by atoms with Crippen LogP contribution in [0.15, 0.2) is 36.4 Å². The minimum Gasteiger partial charge on any atom is -0.454 e. The number of aryl methyl sites for hydroxylation is 2. The number of rotatable bonds is 3. The van der Waals surface area contributed by atoms with Crippen LogP contribution in [0.3, 0.4) is 0 Å². The van der Waals surface area contributed by atoms with Gasteiger partial charge in [-0.2, -0.15) is 0 Å². The Labute approximate surface area is 124 Å². The highest BCUT2D eigenvalue weighted by Crippen LogP contribution is 2.36. The number of hydrogen-bond acceptors (Lipinski definition) is 3. The second-order valence-corrected chi connectivity index (χ2v) is 5.72. The van der Waals surface area contributed by atoms with E-state index >= 15 is 0 Å². The summed E-state index contributed by atoms with van der Waals surface area (Å²) in [6, 6.07) is 13.3. The fourth-order valence-electron chi connectivity index (χ4n) is 3.39. The fourth-order valence-corrected chi connectivity index (χ4v) is 3.39. The molecule has 1 heterocycles. The van der Waals surface area contributed by atoms with Crippen molar-refractivity contribution in [2.45, 2.75) is 25.3 Å². The molecule has 0 aromatic heterocycles. The van der Waals surface area contributed by atoms with Crippen molar-refractivity contribution in [1.82, 2.24) is 5.32 Å². The fraction of sp³-hybridized carbons (Fsp3) is 0.333. The molecule has 0 saturated heterocycles. The van der Waals surface area contributed by atoms with Crippen LogP contribution in [0.2, 0.25) is 0 Å². The number of nitrogens with one attached hydrogen (secondary N) is 1. The van der Waals surface area contributed by atoms with Crippen molar-refractivity contribution in [3.05, 3.63) is 58.7 Å². The van der Waals surface area contributed by atoms with Gasteiger partial charge in [0.2, 0.25) is 6.79 Å². The van der Waals surface area contributed by atoms with Crippen LogP contribution < -0.4 is 14.8 Å². The van der Waals surface area contributed by atoms with Crippen LogP contribution in [-0.2, 0) is 12.8 Å². The molecule has 2 aliphatic rings. The molecule has 108 valence electrons. The molecular weight excluding hydrogens is 262 g/mol. The minimum absolute atomic E-state index is 0.186. The van der Waals surface area contributed by atoms with Crippen LogP contribution in [0.4, 0.5) is 0 Å². The van der Waals surface area contributed by atoms with E-state index in [9.17, 15) is 0 Å². The first kappa shape index (κ1) is 12.7. The maximum atomic E-state index is 5.49. The highest BCUT2D eigenvalue weighted by atomic mass is 16.7. The monoisotopic (exact) mass is 281 g/mol. The maximum Gasteiger partial charge on any atom is 0.231 e. The average molecular weight is 281 g/mol. The summed E-state index contributed by atoms with van der Waals surface area (Å²) in [7, 11) is 2.00. The normalized spacial score (nSPS) is 16.8. The van der Waals surface area contributed by atoms with Gasteiger partial charge in [0, 0.05) is 0 Å². The van der Waals surface area contributed by atoms with Crippen LogP contribution in [0, 0.1) is 0 Å². The molecule has 0 spiro atoms. The highest BCUT2D eigenvalue weighted by molar-refractivity contribution is 5.48. The second kappa shape index (κ2) is 5.08. The third kappa shape index (κ3) is 2.18. The number of ether oxygens (including phenoxy) is 2. The molecule has 0 amide bonds. The average Bonchev–Trinajstić information content (AvgIpc) is 3.15. The van der Waals surface area contributed by atoms with Crippen LogP contribution in [0.25, 0.3) is 0 Å². The van der Waals surface area contributed by atoms with Crippen LogP contribution in [0.5, 0.6) is 11.5 Å². The summed E-state index contributed by atoms with van der Waals surface area (Å²) in [6.07, 6.45) is 3.72. The molecule has 3 nitrogen and oxygen atoms in total. The minimum atomic E-state index is 0.186. The molecule has 1 aliphatic heterocycles. The van der Waals surface area contributed by atoms with Gasteiger partial charge in [-0.15, -0.1) is 0 Å². The topological polar surface area (TPSA) is 30.5 Å². The summed E-state index contributed by atoms with van der Waals surface area (Å²) < 4.78 is 10.9. The summed E-state index contributed by atoms with van der Waals surface area (Å²) >= 11 is 0. The molecule has 4 rings (SSSR count). The Kier molecular flexibility index (Phi) is 3.08. The second-order valence-electron chi connectivity index (χ2n) is 5.72. The predicted octanol–water partition coefficient (Wildman–Crippen LogP) is 3.21. The van der Waals surface area contributed by atoms with Gasteiger partial charge in [0.1, 0.15) is 0 Å². The summed E-state index contributed by atoms with van der Waals surface area (Å²) in [6.45, 7) is 0.321. The Bertz CT molecular complexity index is 623. The number of benzene rings is 2. The van der Waals surface area contributed by atoms with Crippen molar-refractivity contribution >= 4 is 0 Å². The zero-order valence-corrected chi connectivity index (χ0v) is 12.2. The van der Waals surface area contributed by atoms with Gasteiger partial charge in [-0.25, -0.2) is 0 Å². The molecule has 0 fully saturated rings. The first-order valence-electron chi connectivity index (χ1n) is 7.53. The van der Waals surface area contributed by atoms with Crippen LogP contribution in [0.1, 0.15) is 34.7 Å². The molecule has 3 heteroatoms. The Morgan fingerprint density at radius 2 is 1.67 bits per heavy atom. The van der Waals surface area contributed by atoms with E-state index in [4.69, 9.17) is 9.47 Å². The van der Waals surface area contributed by atoms with E-state index in [1.54, 1.807) is 0 Å². The van der Waals surface area contributed by atoms with Gasteiger partial charge in [0.05, 0.1) is 6.04 Å². The van der Waals surface area contributed by atoms with Gasteiger partial charge in [-0.1, -0.05) is 24.3 Å². The first-order valence-corrected chi connectivity index (χ1v) is 7.53. The molecule has 1 unspecified atom stereocenters. The van der Waals surface area contributed by atoms with Crippen molar-refractivity contribution in [2.24, 2.45) is 0 Å². The lowest BCUT2D eigenvalue weighted by Gasteiger charge is -2.18. The molecule has 1 N–H and O–H groups in total. The Hall–Kier alpha value is -2.00. The van der Waals surface area contributed by atoms with E-state index in [-0.39, 0.29) is 6.04 Å². The lowest BCUT2D eigenvalue weighted by molar-refractivity contribution is 0.174. The number of hydrogen-bond donors (Lipinski definition) is 1. The summed E-state index contributed by atoms with van der Waals surface area (Å²) in [5.41, 5.74) is 5.55. The predicted molar refractivity (Wildman–Crippen MR) is 81.9 cm³/mol. The molecule has 2 aromatic rings. The Morgan fingerprint density at radius 3 is 2.57 bits per heavy atom. The van der Waals surface area contributed by atoms with E-state index in [0.717, 1.165) is 11.5 Å². The van der Waals surface area contributed by atoms with Crippen molar-refractivity contribution in [1.29, 1.82) is 0 Å². The molecule has 2 aromatic carbocycles. The highest BCUT2D eigenvalue weighted by Gasteiger charge is 2.20. The molecular formula is C18H19NO2. The van der Waals surface area contributed by atoms with Gasteiger partial charge < -0.3 is 14.8 Å². The van der Waals surface area contributed by atoms with Crippen molar-refractivity contribution < 1.29 is 9.47 Å². The van der Waals surface area contributed by atoms with Gasteiger partial charge in [0.25, 0.3) is 0 Å². The Balaban J connectivity index is 1.71. The standard InChI is InChI=1S/C18H19NO2/c1-19-18(14-6-5-12-3-2-4-13(12)9-14)15-7-8-16-17(10-15)21-11-20-16/h5-10,18-19H,2-4,11H2,1H3. The molecule has 21 heavy (non-hydrogen) atoms. The van der Waals surface area contributed by atoms with E-state index in [1.807, 2.05) is 13.1 Å². The van der Waals surface area contributed by atoms with Gasteiger partial charge >= 0.3 is 0 Å². The quantitative estimate of drug-likeness (QED) is 0.937. The zero-order valence-electron chi connectivity index (χ0n) is 12.2. The van der Waals surface area contributed by atoms with E-state index in [0.29, 0.717) is 6.79 Å². The molecule has 0 saturated carbocycles. The third-order valence-electron chi connectivity index (χ3n) is 4.47. The summed E-state index contributed by atoms with van der Waals surface area (Å²) in [5, 5.41) is 3.42. The van der Waals surface area contributed by atoms with E-state index in [2.05, 4.69) is 35.6 Å². The van der Waals surface area contributed by atoms with E-state index in [1.165, 1.54) is 41.5 Å². The van der Waals surface area contributed by atoms with Gasteiger partial charge in [-0.3, -0.25) is 0 Å². The summed E-state index contributed by atoms with van der Waals surface area (Å²) in [4.78, 5) is 0.